The number of aromatic nitrogens is 3. The lowest BCUT2D eigenvalue weighted by atomic mass is 9.79. The number of hydrogen-bond donors (Lipinski definition) is 2. The Morgan fingerprint density at radius 2 is 1.89 bits per heavy atom. The zero-order chi connectivity index (χ0) is 19.5. The van der Waals surface area contributed by atoms with E-state index in [4.69, 9.17) is 9.47 Å². The monoisotopic (exact) mass is 380 g/mol. The van der Waals surface area contributed by atoms with Gasteiger partial charge in [0, 0.05) is 17.5 Å². The maximum absolute atomic E-state index is 12.9. The third-order valence-electron chi connectivity index (χ3n) is 5.51. The van der Waals surface area contributed by atoms with Crippen molar-refractivity contribution in [2.45, 2.75) is 37.6 Å². The standard InChI is InChI=1S/C21H24N4O3/c1-27-19-10-8-13(12-20(19)28-2)15-5-3-4-6-16(15)22-21(26)14-7-9-17-18(11-14)24-25-23-17/h7-12,15-16H,3-6H2,1-2H3,(H,22,26)(H,23,24,25)/t15-,16-/m1/s1. The first-order valence-electron chi connectivity index (χ1n) is 9.53. The number of carbonyl (C=O) groups excluding carboxylic acids is 1. The largest absolute Gasteiger partial charge is 0.493 e. The van der Waals surface area contributed by atoms with E-state index in [1.54, 1.807) is 26.4 Å². The Labute approximate surface area is 163 Å². The molecular weight excluding hydrogens is 356 g/mol. The van der Waals surface area contributed by atoms with Gasteiger partial charge in [-0.05, 0) is 48.7 Å². The Morgan fingerprint density at radius 1 is 1.07 bits per heavy atom. The van der Waals surface area contributed by atoms with Gasteiger partial charge in [0.2, 0.25) is 0 Å². The molecule has 1 aliphatic carbocycles. The number of nitrogens with one attached hydrogen (secondary N) is 2. The maximum atomic E-state index is 12.9. The van der Waals surface area contributed by atoms with Gasteiger partial charge in [0.25, 0.3) is 5.91 Å². The van der Waals surface area contributed by atoms with Crippen LogP contribution in [0.2, 0.25) is 0 Å². The molecule has 1 heterocycles. The zero-order valence-corrected chi connectivity index (χ0v) is 16.1. The molecule has 0 aliphatic heterocycles. The van der Waals surface area contributed by atoms with Crippen LogP contribution in [-0.4, -0.2) is 41.6 Å². The Morgan fingerprint density at radius 3 is 2.71 bits per heavy atom. The van der Waals surface area contributed by atoms with E-state index in [1.807, 2.05) is 18.2 Å². The fourth-order valence-electron chi connectivity index (χ4n) is 4.02. The van der Waals surface area contributed by atoms with Crippen molar-refractivity contribution < 1.29 is 14.3 Å². The molecule has 1 amide bonds. The first-order chi connectivity index (χ1) is 13.7. The van der Waals surface area contributed by atoms with Crippen molar-refractivity contribution in [3.8, 4) is 11.5 Å². The van der Waals surface area contributed by atoms with Crippen molar-refractivity contribution in [2.75, 3.05) is 14.2 Å². The maximum Gasteiger partial charge on any atom is 0.251 e. The highest BCUT2D eigenvalue weighted by atomic mass is 16.5. The predicted molar refractivity (Wildman–Crippen MR) is 106 cm³/mol. The molecule has 0 radical (unpaired) electrons. The zero-order valence-electron chi connectivity index (χ0n) is 16.1. The van der Waals surface area contributed by atoms with E-state index in [1.165, 1.54) is 0 Å². The molecule has 4 rings (SSSR count). The van der Waals surface area contributed by atoms with Gasteiger partial charge in [-0.25, -0.2) is 0 Å². The van der Waals surface area contributed by atoms with Gasteiger partial charge in [-0.2, -0.15) is 0 Å². The summed E-state index contributed by atoms with van der Waals surface area (Å²) in [4.78, 5) is 12.9. The minimum absolute atomic E-state index is 0.0763. The molecule has 146 valence electrons. The van der Waals surface area contributed by atoms with Gasteiger partial charge in [-0.3, -0.25) is 9.89 Å². The van der Waals surface area contributed by atoms with Gasteiger partial charge in [0.15, 0.2) is 11.5 Å². The smallest absolute Gasteiger partial charge is 0.251 e. The quantitative estimate of drug-likeness (QED) is 0.708. The van der Waals surface area contributed by atoms with Gasteiger partial charge in [-0.1, -0.05) is 24.1 Å². The first kappa shape index (κ1) is 18.3. The number of methoxy groups -OCH3 is 2. The van der Waals surface area contributed by atoms with E-state index in [2.05, 4.69) is 26.8 Å². The SMILES string of the molecule is COc1ccc([C@H]2CCCC[C@H]2NC(=O)c2ccc3[nH]nnc3c2)cc1OC. The fraction of sp³-hybridized carbons (Fsp3) is 0.381. The van der Waals surface area contributed by atoms with E-state index in [9.17, 15) is 4.79 Å². The third-order valence-corrected chi connectivity index (χ3v) is 5.51. The molecule has 1 aromatic heterocycles. The number of amides is 1. The van der Waals surface area contributed by atoms with Crippen LogP contribution in [0.4, 0.5) is 0 Å². The molecular formula is C21H24N4O3. The summed E-state index contributed by atoms with van der Waals surface area (Å²) in [5.41, 5.74) is 3.26. The Balaban J connectivity index is 1.56. The molecule has 2 N–H and O–H groups in total. The van der Waals surface area contributed by atoms with Crippen LogP contribution in [0.1, 0.15) is 47.5 Å². The number of aromatic amines is 1. The van der Waals surface area contributed by atoms with E-state index in [-0.39, 0.29) is 17.9 Å². The molecule has 3 aromatic rings. The normalized spacial score (nSPS) is 19.4. The average molecular weight is 380 g/mol. The van der Waals surface area contributed by atoms with Crippen molar-refractivity contribution in [2.24, 2.45) is 0 Å². The van der Waals surface area contributed by atoms with Gasteiger partial charge in [0.05, 0.1) is 19.7 Å². The molecule has 7 nitrogen and oxygen atoms in total. The molecule has 1 saturated carbocycles. The molecule has 0 unspecified atom stereocenters. The van der Waals surface area contributed by atoms with Gasteiger partial charge < -0.3 is 14.8 Å². The number of rotatable bonds is 5. The molecule has 0 spiro atoms. The topological polar surface area (TPSA) is 89.1 Å². The minimum Gasteiger partial charge on any atom is -0.493 e. The summed E-state index contributed by atoms with van der Waals surface area (Å²) < 4.78 is 10.8. The van der Waals surface area contributed by atoms with Crippen molar-refractivity contribution in [1.82, 2.24) is 20.7 Å². The van der Waals surface area contributed by atoms with Crippen LogP contribution in [0, 0.1) is 0 Å². The highest BCUT2D eigenvalue weighted by Crippen LogP contribution is 2.37. The molecule has 1 aliphatic rings. The molecule has 2 aromatic carbocycles. The van der Waals surface area contributed by atoms with Crippen molar-refractivity contribution >= 4 is 16.9 Å². The summed E-state index contributed by atoms with van der Waals surface area (Å²) in [7, 11) is 3.27. The van der Waals surface area contributed by atoms with Crippen molar-refractivity contribution in [3.63, 3.8) is 0 Å². The van der Waals surface area contributed by atoms with Crippen LogP contribution < -0.4 is 14.8 Å². The predicted octanol–water partition coefficient (Wildman–Crippen LogP) is 3.43. The lowest BCUT2D eigenvalue weighted by molar-refractivity contribution is 0.0921. The summed E-state index contributed by atoms with van der Waals surface area (Å²) >= 11 is 0. The van der Waals surface area contributed by atoms with Crippen LogP contribution in [0.3, 0.4) is 0 Å². The second kappa shape index (κ2) is 7.88. The van der Waals surface area contributed by atoms with Crippen LogP contribution in [0.15, 0.2) is 36.4 Å². The number of fused-ring (bicyclic) bond motifs is 1. The van der Waals surface area contributed by atoms with E-state index >= 15 is 0 Å². The molecule has 7 heteroatoms. The van der Waals surface area contributed by atoms with E-state index in [0.29, 0.717) is 22.6 Å². The second-order valence-corrected chi connectivity index (χ2v) is 7.13. The minimum atomic E-state index is -0.0812. The summed E-state index contributed by atoms with van der Waals surface area (Å²) in [5.74, 6) is 1.59. The lowest BCUT2D eigenvalue weighted by Crippen LogP contribution is -2.41. The summed E-state index contributed by atoms with van der Waals surface area (Å²) in [5, 5.41) is 13.8. The van der Waals surface area contributed by atoms with Crippen LogP contribution in [0.5, 0.6) is 11.5 Å². The van der Waals surface area contributed by atoms with Crippen molar-refractivity contribution in [3.05, 3.63) is 47.5 Å². The van der Waals surface area contributed by atoms with Crippen LogP contribution >= 0.6 is 0 Å². The highest BCUT2D eigenvalue weighted by molar-refractivity contribution is 5.97. The fourth-order valence-corrected chi connectivity index (χ4v) is 4.02. The van der Waals surface area contributed by atoms with Crippen molar-refractivity contribution in [1.29, 1.82) is 0 Å². The Hall–Kier alpha value is -3.09. The third kappa shape index (κ3) is 3.52. The molecule has 1 fully saturated rings. The summed E-state index contributed by atoms with van der Waals surface area (Å²) in [6.45, 7) is 0. The first-order valence-corrected chi connectivity index (χ1v) is 9.53. The second-order valence-electron chi connectivity index (χ2n) is 7.13. The Bertz CT molecular complexity index is 985. The summed E-state index contributed by atoms with van der Waals surface area (Å²) in [6.07, 6.45) is 4.24. The molecule has 0 saturated heterocycles. The number of carbonyl (C=O) groups is 1. The number of H-pyrrole nitrogens is 1. The number of nitrogens with zero attached hydrogens (tertiary/aromatic N) is 2. The Kier molecular flexibility index (Phi) is 5.14. The van der Waals surface area contributed by atoms with E-state index < -0.39 is 0 Å². The van der Waals surface area contributed by atoms with Gasteiger partial charge >= 0.3 is 0 Å². The lowest BCUT2D eigenvalue weighted by Gasteiger charge is -2.33. The van der Waals surface area contributed by atoms with Crippen LogP contribution in [0.25, 0.3) is 11.0 Å². The number of hydrogen-bond acceptors (Lipinski definition) is 5. The average Bonchev–Trinajstić information content (AvgIpc) is 3.21. The van der Waals surface area contributed by atoms with Gasteiger partial charge in [0.1, 0.15) is 5.52 Å². The summed E-state index contributed by atoms with van der Waals surface area (Å²) in [6, 6.07) is 11.5. The highest BCUT2D eigenvalue weighted by Gasteiger charge is 2.29. The molecule has 0 bridgehead atoms. The number of ether oxygens (including phenoxy) is 2. The van der Waals surface area contributed by atoms with E-state index in [0.717, 1.165) is 36.8 Å². The van der Waals surface area contributed by atoms with Crippen LogP contribution in [-0.2, 0) is 0 Å². The number of benzene rings is 2. The molecule has 28 heavy (non-hydrogen) atoms. The van der Waals surface area contributed by atoms with Gasteiger partial charge in [-0.15, -0.1) is 5.10 Å². The molecule has 2 atom stereocenters.